The lowest BCUT2D eigenvalue weighted by molar-refractivity contribution is -0.890. The predicted octanol–water partition coefficient (Wildman–Crippen LogP) is 3.13. The Balaban J connectivity index is 2.01. The van der Waals surface area contributed by atoms with Crippen LogP contribution in [0.4, 0.5) is 5.69 Å². The summed E-state index contributed by atoms with van der Waals surface area (Å²) in [4.78, 5) is 1.30. The second-order valence-electron chi connectivity index (χ2n) is 6.36. The number of quaternary nitrogens is 1. The molecule has 0 aliphatic heterocycles. The number of thiocarbonyl (C=S) groups is 1. The van der Waals surface area contributed by atoms with E-state index in [-0.39, 0.29) is 6.04 Å². The summed E-state index contributed by atoms with van der Waals surface area (Å²) in [6.45, 7) is 4.87. The molecule has 0 saturated carbocycles. The number of likely N-dealkylation sites (N-methyl/N-ethyl adjacent to an activating group) is 1. The van der Waals surface area contributed by atoms with Crippen LogP contribution in [-0.2, 0) is 0 Å². The molecule has 24 heavy (non-hydrogen) atoms. The summed E-state index contributed by atoms with van der Waals surface area (Å²) in [6, 6.07) is 14.5. The van der Waals surface area contributed by atoms with Crippen LogP contribution in [0.3, 0.4) is 0 Å². The van der Waals surface area contributed by atoms with Gasteiger partial charge >= 0.3 is 0 Å². The summed E-state index contributed by atoms with van der Waals surface area (Å²) in [5.41, 5.74) is 4.57. The molecule has 2 rings (SSSR count). The van der Waals surface area contributed by atoms with Crippen LogP contribution < -0.4 is 15.5 Å². The monoisotopic (exact) mass is 362 g/mol. The van der Waals surface area contributed by atoms with E-state index < -0.39 is 0 Å². The Hall–Kier alpha value is -1.62. The molecule has 5 heteroatoms. The molecule has 0 unspecified atom stereocenters. The minimum Gasteiger partial charge on any atom is -0.356 e. The third kappa shape index (κ3) is 5.20. The molecule has 0 saturated heterocycles. The van der Waals surface area contributed by atoms with E-state index in [4.69, 9.17) is 23.8 Å². The first-order valence-electron chi connectivity index (χ1n) is 8.04. The molecule has 0 aliphatic carbocycles. The van der Waals surface area contributed by atoms with Crippen molar-refractivity contribution in [3.05, 3.63) is 64.2 Å². The molecule has 3 N–H and O–H groups in total. The average Bonchev–Trinajstić information content (AvgIpc) is 2.47. The van der Waals surface area contributed by atoms with E-state index in [1.165, 1.54) is 16.0 Å². The average molecular weight is 363 g/mol. The largest absolute Gasteiger partial charge is 0.356 e. The van der Waals surface area contributed by atoms with Gasteiger partial charge in [0.2, 0.25) is 0 Å². The maximum absolute atomic E-state index is 6.35. The molecular weight excluding hydrogens is 338 g/mol. The summed E-state index contributed by atoms with van der Waals surface area (Å²) < 4.78 is 0. The normalized spacial score (nSPS) is 12.1. The van der Waals surface area contributed by atoms with Gasteiger partial charge in [-0.1, -0.05) is 35.9 Å². The van der Waals surface area contributed by atoms with Gasteiger partial charge in [0.25, 0.3) is 0 Å². The van der Waals surface area contributed by atoms with Crippen LogP contribution in [-0.4, -0.2) is 25.8 Å². The first-order valence-corrected chi connectivity index (χ1v) is 8.83. The van der Waals surface area contributed by atoms with Crippen molar-refractivity contribution in [1.29, 1.82) is 0 Å². The van der Waals surface area contributed by atoms with Gasteiger partial charge in [-0.05, 0) is 55.4 Å². The highest BCUT2D eigenvalue weighted by Crippen LogP contribution is 2.20. The maximum Gasteiger partial charge on any atom is 0.171 e. The fraction of sp³-hybridized carbons (Fsp3) is 0.316. The fourth-order valence-corrected chi connectivity index (χ4v) is 3.27. The lowest BCUT2D eigenvalue weighted by Gasteiger charge is -2.24. The highest BCUT2D eigenvalue weighted by atomic mass is 35.5. The van der Waals surface area contributed by atoms with Gasteiger partial charge in [-0.25, -0.2) is 0 Å². The number of nitrogens with one attached hydrogen (secondary N) is 3. The van der Waals surface area contributed by atoms with Gasteiger partial charge in [-0.3, -0.25) is 0 Å². The molecule has 0 aliphatic rings. The summed E-state index contributed by atoms with van der Waals surface area (Å²) in [5, 5.41) is 7.99. The van der Waals surface area contributed by atoms with Crippen molar-refractivity contribution in [3.63, 3.8) is 0 Å². The molecular formula is C19H25ClN3S+. The molecule has 0 spiro atoms. The van der Waals surface area contributed by atoms with Crippen LogP contribution in [0.15, 0.2) is 42.5 Å². The van der Waals surface area contributed by atoms with E-state index in [9.17, 15) is 0 Å². The Kier molecular flexibility index (Phi) is 6.60. The zero-order valence-electron chi connectivity index (χ0n) is 14.6. The summed E-state index contributed by atoms with van der Waals surface area (Å²) in [5.74, 6) is 0. The predicted molar refractivity (Wildman–Crippen MR) is 107 cm³/mol. The van der Waals surface area contributed by atoms with Crippen molar-refractivity contribution >= 4 is 34.6 Å². The van der Waals surface area contributed by atoms with E-state index in [0.717, 1.165) is 16.3 Å². The second kappa shape index (κ2) is 8.47. The van der Waals surface area contributed by atoms with Gasteiger partial charge in [0, 0.05) is 16.3 Å². The van der Waals surface area contributed by atoms with Crippen molar-refractivity contribution < 1.29 is 4.90 Å². The van der Waals surface area contributed by atoms with Crippen LogP contribution >= 0.6 is 23.8 Å². The zero-order valence-corrected chi connectivity index (χ0v) is 16.2. The third-order valence-corrected chi connectivity index (χ3v) is 4.51. The Morgan fingerprint density at radius 2 is 1.75 bits per heavy atom. The van der Waals surface area contributed by atoms with Crippen molar-refractivity contribution in [1.82, 2.24) is 5.32 Å². The highest BCUT2D eigenvalue weighted by Gasteiger charge is 2.20. The Labute approximate surface area is 155 Å². The number of hydrogen-bond acceptors (Lipinski definition) is 1. The molecule has 2 aromatic carbocycles. The summed E-state index contributed by atoms with van der Waals surface area (Å²) in [6.07, 6.45) is 0. The second-order valence-corrected chi connectivity index (χ2v) is 7.18. The van der Waals surface area contributed by atoms with Gasteiger partial charge in [-0.2, -0.15) is 0 Å². The van der Waals surface area contributed by atoms with E-state index in [2.05, 4.69) is 62.8 Å². The fourth-order valence-electron chi connectivity index (χ4n) is 2.80. The van der Waals surface area contributed by atoms with Crippen LogP contribution in [0, 0.1) is 13.8 Å². The Morgan fingerprint density at radius 3 is 2.33 bits per heavy atom. The minimum atomic E-state index is 0.220. The number of anilines is 1. The van der Waals surface area contributed by atoms with E-state index in [0.29, 0.717) is 11.7 Å². The first kappa shape index (κ1) is 18.7. The van der Waals surface area contributed by atoms with E-state index >= 15 is 0 Å². The van der Waals surface area contributed by atoms with Crippen LogP contribution in [0.1, 0.15) is 22.7 Å². The number of benzene rings is 2. The van der Waals surface area contributed by atoms with Gasteiger partial charge in [-0.15, -0.1) is 0 Å². The Bertz CT molecular complexity index is 695. The molecule has 3 nitrogen and oxygen atoms in total. The van der Waals surface area contributed by atoms with Gasteiger partial charge in [0.1, 0.15) is 6.04 Å². The molecule has 0 heterocycles. The lowest BCUT2D eigenvalue weighted by atomic mass is 10.1. The van der Waals surface area contributed by atoms with Gasteiger partial charge in [0.05, 0.1) is 20.6 Å². The zero-order chi connectivity index (χ0) is 17.7. The molecule has 1 atom stereocenters. The molecule has 0 aromatic heterocycles. The molecule has 2 aromatic rings. The van der Waals surface area contributed by atoms with Gasteiger partial charge in [0.15, 0.2) is 5.11 Å². The summed E-state index contributed by atoms with van der Waals surface area (Å²) in [7, 11) is 4.24. The number of aryl methyl sites for hydroxylation is 2. The standard InChI is InChI=1S/C19H24ClN3S/c1-13-9-14(2)11-15(10-13)22-19(24)21-12-18(23(3)4)16-7-5-6-8-17(16)20/h5-11,18H,12H2,1-4H3,(H2,21,22,24)/p+1/t18-/m0/s1. The topological polar surface area (TPSA) is 28.5 Å². The third-order valence-electron chi connectivity index (χ3n) is 3.92. The van der Waals surface area contributed by atoms with Crippen LogP contribution in [0.5, 0.6) is 0 Å². The van der Waals surface area contributed by atoms with Crippen molar-refractivity contribution in [2.24, 2.45) is 0 Å². The SMILES string of the molecule is Cc1cc(C)cc(NC(=S)NC[C@@H](c2ccccc2Cl)[NH+](C)C)c1. The Morgan fingerprint density at radius 1 is 1.12 bits per heavy atom. The van der Waals surface area contributed by atoms with E-state index in [1.807, 2.05) is 18.2 Å². The van der Waals surface area contributed by atoms with E-state index in [1.54, 1.807) is 0 Å². The summed E-state index contributed by atoms with van der Waals surface area (Å²) >= 11 is 11.8. The van der Waals surface area contributed by atoms with Crippen molar-refractivity contribution in [2.75, 3.05) is 26.0 Å². The first-order chi connectivity index (χ1) is 11.4. The quantitative estimate of drug-likeness (QED) is 0.714. The highest BCUT2D eigenvalue weighted by molar-refractivity contribution is 7.80. The molecule has 0 radical (unpaired) electrons. The molecule has 0 bridgehead atoms. The lowest BCUT2D eigenvalue weighted by Crippen LogP contribution is -3.07. The minimum absolute atomic E-state index is 0.220. The number of rotatable bonds is 5. The van der Waals surface area contributed by atoms with Crippen molar-refractivity contribution in [2.45, 2.75) is 19.9 Å². The number of hydrogen-bond donors (Lipinski definition) is 3. The smallest absolute Gasteiger partial charge is 0.171 e. The number of halogens is 1. The van der Waals surface area contributed by atoms with Crippen LogP contribution in [0.2, 0.25) is 5.02 Å². The molecule has 0 fully saturated rings. The maximum atomic E-state index is 6.35. The van der Waals surface area contributed by atoms with Gasteiger partial charge < -0.3 is 15.5 Å². The molecule has 128 valence electrons. The van der Waals surface area contributed by atoms with Crippen molar-refractivity contribution in [3.8, 4) is 0 Å². The molecule has 0 amide bonds. The van der Waals surface area contributed by atoms with Crippen LogP contribution in [0.25, 0.3) is 0 Å².